The smallest absolute Gasteiger partial charge is 0.227 e. The van der Waals surface area contributed by atoms with Gasteiger partial charge in [-0.1, -0.05) is 54.6 Å². The standard InChI is InChI=1S/C32H30FNO4/c1-38-27-16-17-28(30(36)20-27)32-24(11-18-29(35)23-7-12-25(33)13-8-23)19-31(37)34(32)26-14-9-22(10-15-26)21-5-3-2-4-6-21/h2-10,12-17,20,24,29,32,35-36H,11,18-19H2,1H3. The number of halogens is 1. The van der Waals surface area contributed by atoms with E-state index in [1.54, 1.807) is 35.2 Å². The fourth-order valence-electron chi connectivity index (χ4n) is 5.33. The van der Waals surface area contributed by atoms with Crippen LogP contribution in [-0.2, 0) is 4.79 Å². The number of hydrogen-bond donors (Lipinski definition) is 2. The Morgan fingerprint density at radius 2 is 1.63 bits per heavy atom. The molecule has 1 fully saturated rings. The monoisotopic (exact) mass is 511 g/mol. The lowest BCUT2D eigenvalue weighted by Gasteiger charge is -2.30. The Labute approximate surface area is 221 Å². The molecule has 1 amide bonds. The third kappa shape index (κ3) is 5.27. The third-order valence-corrected chi connectivity index (χ3v) is 7.30. The summed E-state index contributed by atoms with van der Waals surface area (Å²) >= 11 is 0. The number of carbonyl (C=O) groups excluding carboxylic acids is 1. The molecule has 6 heteroatoms. The minimum atomic E-state index is -0.782. The summed E-state index contributed by atoms with van der Waals surface area (Å²) in [6.45, 7) is 0. The number of benzene rings is 4. The van der Waals surface area contributed by atoms with Crippen molar-refractivity contribution in [1.29, 1.82) is 0 Å². The number of aliphatic hydroxyl groups excluding tert-OH is 1. The van der Waals surface area contributed by atoms with E-state index in [9.17, 15) is 19.4 Å². The molecule has 2 N–H and O–H groups in total. The van der Waals surface area contributed by atoms with Crippen LogP contribution < -0.4 is 9.64 Å². The van der Waals surface area contributed by atoms with Gasteiger partial charge in [-0.25, -0.2) is 4.39 Å². The van der Waals surface area contributed by atoms with E-state index in [0.717, 1.165) is 16.8 Å². The van der Waals surface area contributed by atoms with E-state index in [2.05, 4.69) is 0 Å². The van der Waals surface area contributed by atoms with Crippen molar-refractivity contribution in [3.05, 3.63) is 114 Å². The molecule has 194 valence electrons. The number of phenolic OH excluding ortho intramolecular Hbond substituents is 1. The van der Waals surface area contributed by atoms with Crippen molar-refractivity contribution in [2.45, 2.75) is 31.4 Å². The van der Waals surface area contributed by atoms with Crippen LogP contribution in [0.25, 0.3) is 11.1 Å². The Bertz CT molecular complexity index is 1390. The molecule has 3 atom stereocenters. The van der Waals surface area contributed by atoms with Crippen molar-refractivity contribution >= 4 is 11.6 Å². The van der Waals surface area contributed by atoms with Crippen LogP contribution in [0.4, 0.5) is 10.1 Å². The van der Waals surface area contributed by atoms with E-state index < -0.39 is 12.1 Å². The molecule has 0 radical (unpaired) electrons. The quantitative estimate of drug-likeness (QED) is 0.273. The summed E-state index contributed by atoms with van der Waals surface area (Å²) in [6.07, 6.45) is 0.443. The van der Waals surface area contributed by atoms with Gasteiger partial charge in [0.15, 0.2) is 0 Å². The maximum atomic E-state index is 13.4. The molecular formula is C32H30FNO4. The predicted octanol–water partition coefficient (Wildman–Crippen LogP) is 6.81. The van der Waals surface area contributed by atoms with Crippen molar-refractivity contribution in [2.24, 2.45) is 5.92 Å². The molecule has 5 rings (SSSR count). The molecule has 0 saturated carbocycles. The number of aliphatic hydroxyl groups is 1. The molecule has 1 aliphatic heterocycles. The summed E-state index contributed by atoms with van der Waals surface area (Å²) < 4.78 is 18.6. The van der Waals surface area contributed by atoms with E-state index in [1.165, 1.54) is 19.2 Å². The van der Waals surface area contributed by atoms with Gasteiger partial charge in [0.2, 0.25) is 5.91 Å². The summed E-state index contributed by atoms with van der Waals surface area (Å²) in [7, 11) is 1.54. The summed E-state index contributed by atoms with van der Waals surface area (Å²) in [4.78, 5) is 15.2. The topological polar surface area (TPSA) is 70.0 Å². The molecule has 1 saturated heterocycles. The van der Waals surface area contributed by atoms with Gasteiger partial charge in [0.1, 0.15) is 17.3 Å². The van der Waals surface area contributed by atoms with Crippen molar-refractivity contribution < 1.29 is 24.1 Å². The second-order valence-electron chi connectivity index (χ2n) is 9.66. The van der Waals surface area contributed by atoms with Crippen LogP contribution in [0, 0.1) is 11.7 Å². The molecule has 4 aromatic carbocycles. The third-order valence-electron chi connectivity index (χ3n) is 7.30. The Morgan fingerprint density at radius 1 is 0.947 bits per heavy atom. The van der Waals surface area contributed by atoms with Gasteiger partial charge < -0.3 is 19.8 Å². The molecule has 0 spiro atoms. The number of amides is 1. The van der Waals surface area contributed by atoms with E-state index >= 15 is 0 Å². The Balaban J connectivity index is 1.45. The number of hydrogen-bond acceptors (Lipinski definition) is 4. The first kappa shape index (κ1) is 25.5. The van der Waals surface area contributed by atoms with Crippen LogP contribution in [0.5, 0.6) is 11.5 Å². The first-order valence-electron chi connectivity index (χ1n) is 12.7. The van der Waals surface area contributed by atoms with E-state index in [0.29, 0.717) is 29.7 Å². The minimum absolute atomic E-state index is 0.0426. The van der Waals surface area contributed by atoms with Gasteiger partial charge in [0, 0.05) is 23.7 Å². The highest BCUT2D eigenvalue weighted by molar-refractivity contribution is 5.97. The molecule has 1 heterocycles. The van der Waals surface area contributed by atoms with Crippen molar-refractivity contribution in [1.82, 2.24) is 0 Å². The average Bonchev–Trinajstić information content (AvgIpc) is 3.28. The van der Waals surface area contributed by atoms with Gasteiger partial charge in [-0.05, 0) is 71.8 Å². The molecule has 4 aromatic rings. The number of carbonyl (C=O) groups is 1. The fraction of sp³-hybridized carbons (Fsp3) is 0.219. The second-order valence-corrected chi connectivity index (χ2v) is 9.66. The summed E-state index contributed by atoms with van der Waals surface area (Å²) in [5.74, 6) is 0.0348. The fourth-order valence-corrected chi connectivity index (χ4v) is 5.33. The van der Waals surface area contributed by atoms with Crippen LogP contribution in [0.1, 0.15) is 42.5 Å². The molecule has 0 aromatic heterocycles. The molecule has 38 heavy (non-hydrogen) atoms. The Hall–Kier alpha value is -4.16. The summed E-state index contributed by atoms with van der Waals surface area (Å²) in [6, 6.07) is 28.4. The lowest BCUT2D eigenvalue weighted by atomic mass is 9.87. The Morgan fingerprint density at radius 3 is 2.29 bits per heavy atom. The number of methoxy groups -OCH3 is 1. The number of ether oxygens (including phenoxy) is 1. The second kappa shape index (κ2) is 11.1. The molecule has 1 aliphatic rings. The Kier molecular flexibility index (Phi) is 7.43. The molecular weight excluding hydrogens is 481 g/mol. The summed E-state index contributed by atoms with van der Waals surface area (Å²) in [5.41, 5.74) is 4.14. The van der Waals surface area contributed by atoms with Crippen LogP contribution in [0.2, 0.25) is 0 Å². The van der Waals surface area contributed by atoms with Crippen molar-refractivity contribution in [3.8, 4) is 22.6 Å². The average molecular weight is 512 g/mol. The van der Waals surface area contributed by atoms with Gasteiger partial charge >= 0.3 is 0 Å². The number of nitrogens with zero attached hydrogens (tertiary/aromatic N) is 1. The van der Waals surface area contributed by atoms with Crippen LogP contribution in [0.3, 0.4) is 0 Å². The van der Waals surface area contributed by atoms with Crippen LogP contribution >= 0.6 is 0 Å². The van der Waals surface area contributed by atoms with Crippen LogP contribution in [0.15, 0.2) is 97.1 Å². The maximum absolute atomic E-state index is 13.4. The highest BCUT2D eigenvalue weighted by Gasteiger charge is 2.42. The molecule has 5 nitrogen and oxygen atoms in total. The van der Waals surface area contributed by atoms with Gasteiger partial charge in [0.25, 0.3) is 0 Å². The first-order valence-corrected chi connectivity index (χ1v) is 12.7. The van der Waals surface area contributed by atoms with Gasteiger partial charge in [-0.2, -0.15) is 0 Å². The number of anilines is 1. The van der Waals surface area contributed by atoms with Gasteiger partial charge in [-0.3, -0.25) is 4.79 Å². The molecule has 0 aliphatic carbocycles. The maximum Gasteiger partial charge on any atom is 0.227 e. The van der Waals surface area contributed by atoms with Gasteiger partial charge in [-0.15, -0.1) is 0 Å². The number of phenols is 1. The zero-order chi connectivity index (χ0) is 26.6. The lowest BCUT2D eigenvalue weighted by Crippen LogP contribution is -2.29. The van der Waals surface area contributed by atoms with E-state index in [1.807, 2.05) is 54.6 Å². The largest absolute Gasteiger partial charge is 0.507 e. The van der Waals surface area contributed by atoms with E-state index in [4.69, 9.17) is 4.74 Å². The predicted molar refractivity (Wildman–Crippen MR) is 145 cm³/mol. The summed E-state index contributed by atoms with van der Waals surface area (Å²) in [5, 5.41) is 21.7. The highest BCUT2D eigenvalue weighted by atomic mass is 19.1. The zero-order valence-electron chi connectivity index (χ0n) is 21.1. The van der Waals surface area contributed by atoms with E-state index in [-0.39, 0.29) is 29.8 Å². The first-order chi connectivity index (χ1) is 18.4. The highest BCUT2D eigenvalue weighted by Crippen LogP contribution is 2.47. The van der Waals surface area contributed by atoms with Gasteiger partial charge in [0.05, 0.1) is 19.3 Å². The van der Waals surface area contributed by atoms with Crippen molar-refractivity contribution in [2.75, 3.05) is 12.0 Å². The SMILES string of the molecule is COc1ccc(C2C(CCC(O)c3ccc(F)cc3)CC(=O)N2c2ccc(-c3ccccc3)cc2)c(O)c1. The number of aromatic hydroxyl groups is 1. The normalized spacial score (nSPS) is 18.0. The minimum Gasteiger partial charge on any atom is -0.507 e. The zero-order valence-corrected chi connectivity index (χ0v) is 21.1. The number of rotatable bonds is 8. The molecule has 3 unspecified atom stereocenters. The molecule has 0 bridgehead atoms. The van der Waals surface area contributed by atoms with Crippen molar-refractivity contribution in [3.63, 3.8) is 0 Å². The lowest BCUT2D eigenvalue weighted by molar-refractivity contribution is -0.117. The van der Waals surface area contributed by atoms with Crippen LogP contribution in [-0.4, -0.2) is 23.2 Å².